The normalized spacial score (nSPS) is 23.8. The molecule has 18 heavy (non-hydrogen) atoms. The van der Waals surface area contributed by atoms with Crippen LogP contribution in [0.4, 0.5) is 0 Å². The quantitative estimate of drug-likeness (QED) is 0.697. The second-order valence-electron chi connectivity index (χ2n) is 6.36. The fourth-order valence-electron chi connectivity index (χ4n) is 3.84. The average Bonchev–Trinajstić information content (AvgIpc) is 2.85. The molecule has 2 nitrogen and oxygen atoms in total. The molecule has 0 atom stereocenters. The Balaban J connectivity index is 1.66. The van der Waals surface area contributed by atoms with Crippen LogP contribution in [-0.2, 0) is 0 Å². The van der Waals surface area contributed by atoms with Gasteiger partial charge in [-0.15, -0.1) is 0 Å². The topological polar surface area (TPSA) is 15.3 Å². The van der Waals surface area contributed by atoms with Crippen LogP contribution in [0.15, 0.2) is 0 Å². The van der Waals surface area contributed by atoms with Gasteiger partial charge in [0.25, 0.3) is 0 Å². The van der Waals surface area contributed by atoms with Crippen molar-refractivity contribution in [3.05, 3.63) is 0 Å². The lowest BCUT2D eigenvalue weighted by Gasteiger charge is -2.45. The summed E-state index contributed by atoms with van der Waals surface area (Å²) in [4.78, 5) is 2.83. The molecule has 106 valence electrons. The van der Waals surface area contributed by atoms with Crippen molar-refractivity contribution in [2.24, 2.45) is 0 Å². The summed E-state index contributed by atoms with van der Waals surface area (Å²) in [5.41, 5.74) is 0.557. The minimum Gasteiger partial charge on any atom is -0.314 e. The maximum atomic E-state index is 3.62. The molecule has 1 saturated heterocycles. The van der Waals surface area contributed by atoms with E-state index >= 15 is 0 Å². The van der Waals surface area contributed by atoms with Gasteiger partial charge in [-0.3, -0.25) is 4.90 Å². The van der Waals surface area contributed by atoms with Crippen molar-refractivity contribution < 1.29 is 0 Å². The molecule has 1 spiro atoms. The van der Waals surface area contributed by atoms with Crippen LogP contribution < -0.4 is 5.32 Å². The summed E-state index contributed by atoms with van der Waals surface area (Å²) in [6.07, 6.45) is 14.3. The van der Waals surface area contributed by atoms with Crippen LogP contribution in [0, 0.1) is 0 Å². The fraction of sp³-hybridized carbons (Fsp3) is 1.00. The summed E-state index contributed by atoms with van der Waals surface area (Å²) in [7, 11) is 0. The number of piperazine rings is 1. The lowest BCUT2D eigenvalue weighted by atomic mass is 9.92. The molecule has 1 saturated carbocycles. The third-order valence-corrected chi connectivity index (χ3v) is 5.00. The summed E-state index contributed by atoms with van der Waals surface area (Å²) in [5.74, 6) is 0. The molecular formula is C16H32N2. The van der Waals surface area contributed by atoms with E-state index in [4.69, 9.17) is 0 Å². The number of rotatable bonds is 7. The molecule has 0 aromatic heterocycles. The Morgan fingerprint density at radius 2 is 1.72 bits per heavy atom. The molecule has 2 fully saturated rings. The Morgan fingerprint density at radius 3 is 2.50 bits per heavy atom. The number of unbranched alkanes of at least 4 members (excludes halogenated alkanes) is 5. The van der Waals surface area contributed by atoms with Gasteiger partial charge >= 0.3 is 0 Å². The van der Waals surface area contributed by atoms with E-state index in [1.165, 1.54) is 90.4 Å². The van der Waals surface area contributed by atoms with Gasteiger partial charge in [-0.05, 0) is 25.8 Å². The van der Waals surface area contributed by atoms with E-state index in [-0.39, 0.29) is 0 Å². The maximum absolute atomic E-state index is 3.62. The van der Waals surface area contributed by atoms with Crippen molar-refractivity contribution in [1.29, 1.82) is 0 Å². The van der Waals surface area contributed by atoms with Gasteiger partial charge < -0.3 is 5.32 Å². The Bertz CT molecular complexity index is 221. The summed E-state index contributed by atoms with van der Waals surface area (Å²) in [5, 5.41) is 3.62. The SMILES string of the molecule is CCCCCCCCN1CCNCC12CCCC2. The number of hydrogen-bond donors (Lipinski definition) is 1. The summed E-state index contributed by atoms with van der Waals surface area (Å²) in [6.45, 7) is 7.40. The van der Waals surface area contributed by atoms with E-state index in [9.17, 15) is 0 Å². The first-order chi connectivity index (χ1) is 8.87. The standard InChI is InChI=1S/C16H32N2/c1-2-3-4-5-6-9-13-18-14-12-17-15-16(18)10-7-8-11-16/h17H,2-15H2,1H3. The molecule has 1 aliphatic carbocycles. The smallest absolute Gasteiger partial charge is 0.0334 e. The van der Waals surface area contributed by atoms with E-state index in [2.05, 4.69) is 17.1 Å². The molecule has 0 unspecified atom stereocenters. The van der Waals surface area contributed by atoms with Gasteiger partial charge in [-0.2, -0.15) is 0 Å². The van der Waals surface area contributed by atoms with Crippen molar-refractivity contribution in [2.45, 2.75) is 76.7 Å². The lowest BCUT2D eigenvalue weighted by molar-refractivity contribution is 0.0631. The maximum Gasteiger partial charge on any atom is 0.0334 e. The number of nitrogens with zero attached hydrogens (tertiary/aromatic N) is 1. The van der Waals surface area contributed by atoms with E-state index in [1.54, 1.807) is 0 Å². The zero-order chi connectivity index (χ0) is 12.7. The van der Waals surface area contributed by atoms with Gasteiger partial charge in [-0.25, -0.2) is 0 Å². The van der Waals surface area contributed by atoms with E-state index in [1.807, 2.05) is 0 Å². The molecule has 2 rings (SSSR count). The van der Waals surface area contributed by atoms with Crippen LogP contribution >= 0.6 is 0 Å². The third kappa shape index (κ3) is 3.71. The van der Waals surface area contributed by atoms with Crippen molar-refractivity contribution >= 4 is 0 Å². The summed E-state index contributed by atoms with van der Waals surface area (Å²) in [6, 6.07) is 0. The highest BCUT2D eigenvalue weighted by Crippen LogP contribution is 2.36. The molecular weight excluding hydrogens is 220 g/mol. The van der Waals surface area contributed by atoms with Gasteiger partial charge in [0.15, 0.2) is 0 Å². The molecule has 0 amide bonds. The molecule has 1 heterocycles. The predicted octanol–water partition coefficient (Wildman–Crippen LogP) is 3.56. The van der Waals surface area contributed by atoms with Crippen LogP contribution in [0.3, 0.4) is 0 Å². The van der Waals surface area contributed by atoms with Crippen molar-refractivity contribution in [1.82, 2.24) is 10.2 Å². The van der Waals surface area contributed by atoms with Crippen LogP contribution in [0.25, 0.3) is 0 Å². The monoisotopic (exact) mass is 252 g/mol. The first-order valence-corrected chi connectivity index (χ1v) is 8.33. The highest BCUT2D eigenvalue weighted by molar-refractivity contribution is 4.99. The Hall–Kier alpha value is -0.0800. The van der Waals surface area contributed by atoms with Gasteiger partial charge in [0.05, 0.1) is 0 Å². The van der Waals surface area contributed by atoms with Crippen LogP contribution in [0.2, 0.25) is 0 Å². The van der Waals surface area contributed by atoms with Crippen molar-refractivity contribution in [3.63, 3.8) is 0 Å². The Labute approximate surface area is 114 Å². The highest BCUT2D eigenvalue weighted by Gasteiger charge is 2.40. The van der Waals surface area contributed by atoms with E-state index in [0.717, 1.165) is 0 Å². The molecule has 0 aromatic rings. The molecule has 1 N–H and O–H groups in total. The minimum absolute atomic E-state index is 0.557. The van der Waals surface area contributed by atoms with Crippen LogP contribution in [-0.4, -0.2) is 36.6 Å². The van der Waals surface area contributed by atoms with E-state index < -0.39 is 0 Å². The molecule has 2 aliphatic rings. The molecule has 0 bridgehead atoms. The average molecular weight is 252 g/mol. The summed E-state index contributed by atoms with van der Waals surface area (Å²) >= 11 is 0. The van der Waals surface area contributed by atoms with Crippen LogP contribution in [0.5, 0.6) is 0 Å². The molecule has 0 radical (unpaired) electrons. The van der Waals surface area contributed by atoms with Gasteiger partial charge in [0.1, 0.15) is 0 Å². The Kier molecular flexibility index (Phi) is 5.97. The number of hydrogen-bond acceptors (Lipinski definition) is 2. The molecule has 1 aliphatic heterocycles. The van der Waals surface area contributed by atoms with Crippen molar-refractivity contribution in [2.75, 3.05) is 26.2 Å². The second kappa shape index (κ2) is 7.49. The van der Waals surface area contributed by atoms with E-state index in [0.29, 0.717) is 5.54 Å². The fourth-order valence-corrected chi connectivity index (χ4v) is 3.84. The van der Waals surface area contributed by atoms with Gasteiger partial charge in [0.2, 0.25) is 0 Å². The third-order valence-electron chi connectivity index (χ3n) is 5.00. The largest absolute Gasteiger partial charge is 0.314 e. The summed E-state index contributed by atoms with van der Waals surface area (Å²) < 4.78 is 0. The zero-order valence-corrected chi connectivity index (χ0v) is 12.3. The predicted molar refractivity (Wildman–Crippen MR) is 79.0 cm³/mol. The number of nitrogens with one attached hydrogen (secondary N) is 1. The molecule has 2 heteroatoms. The van der Waals surface area contributed by atoms with Gasteiger partial charge in [0, 0.05) is 25.2 Å². The van der Waals surface area contributed by atoms with Gasteiger partial charge in [-0.1, -0.05) is 51.9 Å². The first kappa shape index (κ1) is 14.3. The molecule has 0 aromatic carbocycles. The second-order valence-corrected chi connectivity index (χ2v) is 6.36. The zero-order valence-electron chi connectivity index (χ0n) is 12.3. The van der Waals surface area contributed by atoms with Crippen LogP contribution in [0.1, 0.15) is 71.1 Å². The Morgan fingerprint density at radius 1 is 1.00 bits per heavy atom. The minimum atomic E-state index is 0.557. The van der Waals surface area contributed by atoms with Crippen molar-refractivity contribution in [3.8, 4) is 0 Å². The highest BCUT2D eigenvalue weighted by atomic mass is 15.3. The first-order valence-electron chi connectivity index (χ1n) is 8.33. The lowest BCUT2D eigenvalue weighted by Crippen LogP contribution is -2.59.